The maximum Gasteiger partial charge on any atom is 0.223 e. The number of hydrogen-bond acceptors (Lipinski definition) is 2. The van der Waals surface area contributed by atoms with E-state index in [-0.39, 0.29) is 30.8 Å². The van der Waals surface area contributed by atoms with Crippen molar-refractivity contribution in [3.8, 4) is 0 Å². The minimum absolute atomic E-state index is 0.112. The highest BCUT2D eigenvalue weighted by Gasteiger charge is 2.15. The first-order chi connectivity index (χ1) is 11.5. The lowest BCUT2D eigenvalue weighted by molar-refractivity contribution is -0.121. The van der Waals surface area contributed by atoms with Gasteiger partial charge in [0.1, 0.15) is 5.82 Å². The van der Waals surface area contributed by atoms with Crippen LogP contribution >= 0.6 is 0 Å². The number of nitrogens with one attached hydrogen (secondary N) is 1. The fourth-order valence-corrected chi connectivity index (χ4v) is 2.46. The Morgan fingerprint density at radius 2 is 1.83 bits per heavy atom. The quantitative estimate of drug-likeness (QED) is 0.883. The first-order valence-corrected chi connectivity index (χ1v) is 7.85. The molecule has 1 unspecified atom stereocenters. The van der Waals surface area contributed by atoms with E-state index in [9.17, 15) is 14.0 Å². The van der Waals surface area contributed by atoms with E-state index in [4.69, 9.17) is 0 Å². The monoisotopic (exact) mass is 328 g/mol. The van der Waals surface area contributed by atoms with Crippen LogP contribution in [-0.4, -0.2) is 18.4 Å². The minimum atomic E-state index is -0.416. The number of halogens is 1. The second kappa shape index (κ2) is 8.24. The van der Waals surface area contributed by atoms with Gasteiger partial charge in [-0.15, -0.1) is 0 Å². The summed E-state index contributed by atoms with van der Waals surface area (Å²) in [6, 6.07) is 15.3. The average Bonchev–Trinajstić information content (AvgIpc) is 2.55. The molecule has 0 radical (unpaired) electrons. The van der Waals surface area contributed by atoms with Crippen molar-refractivity contribution in [1.82, 2.24) is 5.32 Å². The van der Waals surface area contributed by atoms with Crippen LogP contribution < -0.4 is 10.2 Å². The summed E-state index contributed by atoms with van der Waals surface area (Å²) in [6.07, 6.45) is 0.146. The van der Waals surface area contributed by atoms with Gasteiger partial charge in [0.2, 0.25) is 11.8 Å². The Kier molecular flexibility index (Phi) is 6.07. The topological polar surface area (TPSA) is 49.4 Å². The lowest BCUT2D eigenvalue weighted by Crippen LogP contribution is -2.34. The van der Waals surface area contributed by atoms with E-state index in [0.717, 1.165) is 5.56 Å². The van der Waals surface area contributed by atoms with Gasteiger partial charge in [0.15, 0.2) is 0 Å². The minimum Gasteiger partial charge on any atom is -0.350 e. The van der Waals surface area contributed by atoms with Gasteiger partial charge in [0.05, 0.1) is 6.04 Å². The van der Waals surface area contributed by atoms with Crippen LogP contribution in [-0.2, 0) is 9.59 Å². The molecule has 0 aliphatic heterocycles. The summed E-state index contributed by atoms with van der Waals surface area (Å²) in [4.78, 5) is 25.3. The van der Waals surface area contributed by atoms with Crippen LogP contribution in [0.5, 0.6) is 0 Å². The smallest absolute Gasteiger partial charge is 0.223 e. The van der Waals surface area contributed by atoms with Gasteiger partial charge in [-0.2, -0.15) is 0 Å². The van der Waals surface area contributed by atoms with Gasteiger partial charge >= 0.3 is 0 Å². The first kappa shape index (κ1) is 17.7. The molecule has 1 atom stereocenters. The molecule has 0 spiro atoms. The van der Waals surface area contributed by atoms with Crippen molar-refractivity contribution < 1.29 is 14.0 Å². The van der Waals surface area contributed by atoms with Crippen molar-refractivity contribution in [2.45, 2.75) is 26.3 Å². The average molecular weight is 328 g/mol. The molecular weight excluding hydrogens is 307 g/mol. The highest BCUT2D eigenvalue weighted by molar-refractivity contribution is 5.92. The molecule has 1 N–H and O–H groups in total. The standard InChI is InChI=1S/C19H21FN2O2/c1-14(16-7-4-3-5-8-16)21-19(24)11-12-22(15(2)23)18-10-6-9-17(20)13-18/h3-10,13-14H,11-12H2,1-2H3,(H,21,24). The maximum atomic E-state index is 13.3. The summed E-state index contributed by atoms with van der Waals surface area (Å²) in [5.41, 5.74) is 1.46. The molecule has 0 saturated heterocycles. The molecule has 5 heteroatoms. The predicted octanol–water partition coefficient (Wildman–Crippen LogP) is 3.45. The number of amides is 2. The predicted molar refractivity (Wildman–Crippen MR) is 92.0 cm³/mol. The van der Waals surface area contributed by atoms with E-state index >= 15 is 0 Å². The van der Waals surface area contributed by atoms with Crippen LogP contribution in [0.3, 0.4) is 0 Å². The third kappa shape index (κ3) is 4.91. The molecule has 126 valence electrons. The molecule has 2 amide bonds. The normalized spacial score (nSPS) is 11.6. The molecule has 0 aliphatic rings. The molecule has 0 heterocycles. The number of rotatable bonds is 6. The Morgan fingerprint density at radius 3 is 2.46 bits per heavy atom. The summed E-state index contributed by atoms with van der Waals surface area (Å²) in [7, 11) is 0. The van der Waals surface area contributed by atoms with Gasteiger partial charge < -0.3 is 10.2 Å². The summed E-state index contributed by atoms with van der Waals surface area (Å²) in [6.45, 7) is 3.50. The summed E-state index contributed by atoms with van der Waals surface area (Å²) >= 11 is 0. The van der Waals surface area contributed by atoms with Crippen molar-refractivity contribution in [2.75, 3.05) is 11.4 Å². The lowest BCUT2D eigenvalue weighted by atomic mass is 10.1. The highest BCUT2D eigenvalue weighted by atomic mass is 19.1. The number of nitrogens with zero attached hydrogens (tertiary/aromatic N) is 1. The van der Waals surface area contributed by atoms with E-state index in [0.29, 0.717) is 5.69 Å². The van der Waals surface area contributed by atoms with Crippen LogP contribution in [0.25, 0.3) is 0 Å². The van der Waals surface area contributed by atoms with Gasteiger partial charge in [-0.3, -0.25) is 9.59 Å². The molecule has 0 bridgehead atoms. The summed E-state index contributed by atoms with van der Waals surface area (Å²) < 4.78 is 13.3. The van der Waals surface area contributed by atoms with Crippen molar-refractivity contribution in [1.29, 1.82) is 0 Å². The van der Waals surface area contributed by atoms with Gasteiger partial charge in [-0.25, -0.2) is 4.39 Å². The molecule has 0 fully saturated rings. The Bertz CT molecular complexity index is 704. The zero-order chi connectivity index (χ0) is 17.5. The second-order valence-corrected chi connectivity index (χ2v) is 5.60. The van der Waals surface area contributed by atoms with E-state index in [1.54, 1.807) is 6.07 Å². The van der Waals surface area contributed by atoms with Crippen LogP contribution in [0.15, 0.2) is 54.6 Å². The van der Waals surface area contributed by atoms with Gasteiger partial charge in [-0.1, -0.05) is 36.4 Å². The molecule has 4 nitrogen and oxygen atoms in total. The summed E-state index contributed by atoms with van der Waals surface area (Å²) in [5, 5.41) is 2.90. The van der Waals surface area contributed by atoms with Gasteiger partial charge in [0.25, 0.3) is 0 Å². The van der Waals surface area contributed by atoms with Gasteiger partial charge in [-0.05, 0) is 30.7 Å². The fraction of sp³-hybridized carbons (Fsp3) is 0.263. The Morgan fingerprint density at radius 1 is 1.12 bits per heavy atom. The van der Waals surface area contributed by atoms with Crippen molar-refractivity contribution >= 4 is 17.5 Å². The molecular formula is C19H21FN2O2. The van der Waals surface area contributed by atoms with Crippen LogP contribution in [0, 0.1) is 5.82 Å². The van der Waals surface area contributed by atoms with Crippen LogP contribution in [0.1, 0.15) is 31.9 Å². The molecule has 24 heavy (non-hydrogen) atoms. The van der Waals surface area contributed by atoms with E-state index in [1.807, 2.05) is 37.3 Å². The third-order valence-electron chi connectivity index (χ3n) is 3.74. The van der Waals surface area contributed by atoms with Crippen molar-refractivity contribution in [2.24, 2.45) is 0 Å². The lowest BCUT2D eigenvalue weighted by Gasteiger charge is -2.22. The Balaban J connectivity index is 1.94. The fourth-order valence-electron chi connectivity index (χ4n) is 2.46. The van der Waals surface area contributed by atoms with E-state index in [2.05, 4.69) is 5.32 Å². The van der Waals surface area contributed by atoms with Crippen LogP contribution in [0.4, 0.5) is 10.1 Å². The zero-order valence-corrected chi connectivity index (χ0v) is 13.8. The molecule has 0 aromatic heterocycles. The van der Waals surface area contributed by atoms with E-state index in [1.165, 1.54) is 30.0 Å². The first-order valence-electron chi connectivity index (χ1n) is 7.85. The molecule has 2 aromatic carbocycles. The Hall–Kier alpha value is -2.69. The zero-order valence-electron chi connectivity index (χ0n) is 13.8. The maximum absolute atomic E-state index is 13.3. The molecule has 2 rings (SSSR count). The Labute approximate surface area is 141 Å². The third-order valence-corrected chi connectivity index (χ3v) is 3.74. The highest BCUT2D eigenvalue weighted by Crippen LogP contribution is 2.16. The summed E-state index contributed by atoms with van der Waals surface area (Å²) in [5.74, 6) is -0.806. The second-order valence-electron chi connectivity index (χ2n) is 5.60. The van der Waals surface area contributed by atoms with Crippen molar-refractivity contribution in [3.63, 3.8) is 0 Å². The van der Waals surface area contributed by atoms with Gasteiger partial charge in [0, 0.05) is 25.6 Å². The largest absolute Gasteiger partial charge is 0.350 e. The number of benzene rings is 2. The van der Waals surface area contributed by atoms with E-state index < -0.39 is 5.82 Å². The molecule has 2 aromatic rings. The molecule has 0 aliphatic carbocycles. The van der Waals surface area contributed by atoms with Crippen LogP contribution in [0.2, 0.25) is 0 Å². The number of carbonyl (C=O) groups is 2. The number of hydrogen-bond donors (Lipinski definition) is 1. The SMILES string of the molecule is CC(=O)N(CCC(=O)NC(C)c1ccccc1)c1cccc(F)c1. The number of anilines is 1. The number of carbonyl (C=O) groups excluding carboxylic acids is 2. The molecule has 0 saturated carbocycles. The van der Waals surface area contributed by atoms with Crippen molar-refractivity contribution in [3.05, 3.63) is 66.0 Å².